The van der Waals surface area contributed by atoms with E-state index in [4.69, 9.17) is 17.3 Å². The van der Waals surface area contributed by atoms with Gasteiger partial charge in [0.1, 0.15) is 0 Å². The first-order valence-electron chi connectivity index (χ1n) is 4.25. The average Bonchev–Trinajstić information content (AvgIpc) is 2.09. The fourth-order valence-electron chi connectivity index (χ4n) is 1.07. The van der Waals surface area contributed by atoms with Crippen molar-refractivity contribution in [1.29, 1.82) is 0 Å². The van der Waals surface area contributed by atoms with Crippen LogP contribution in [0.2, 0.25) is 5.02 Å². The van der Waals surface area contributed by atoms with Crippen molar-refractivity contribution in [2.75, 3.05) is 6.54 Å². The molecule has 0 saturated carbocycles. The number of benzene rings is 1. The molecular weight excluding hydrogens is 184 g/mol. The minimum Gasteiger partial charge on any atom is -0.387 e. The van der Waals surface area contributed by atoms with Gasteiger partial charge >= 0.3 is 0 Å². The SMILES string of the molecule is CCN=C(N)Cc1ccc(Cl)cc1. The highest BCUT2D eigenvalue weighted by Gasteiger charge is 1.95. The van der Waals surface area contributed by atoms with Crippen molar-refractivity contribution < 1.29 is 0 Å². The molecule has 3 heteroatoms. The zero-order chi connectivity index (χ0) is 9.68. The van der Waals surface area contributed by atoms with Crippen molar-refractivity contribution in [3.8, 4) is 0 Å². The van der Waals surface area contributed by atoms with Gasteiger partial charge in [-0.1, -0.05) is 23.7 Å². The minimum absolute atomic E-state index is 0.671. The molecule has 1 aromatic rings. The van der Waals surface area contributed by atoms with Gasteiger partial charge in [0, 0.05) is 18.0 Å². The Kier molecular flexibility index (Phi) is 3.77. The van der Waals surface area contributed by atoms with E-state index in [0.29, 0.717) is 12.3 Å². The standard InChI is InChI=1S/C10H13ClN2/c1-2-13-10(12)7-8-3-5-9(11)6-4-8/h3-6H,2,7H2,1H3,(H2,12,13). The Hall–Kier alpha value is -1.02. The molecule has 2 N–H and O–H groups in total. The highest BCUT2D eigenvalue weighted by molar-refractivity contribution is 6.30. The summed E-state index contributed by atoms with van der Waals surface area (Å²) in [5, 5.41) is 0.745. The first-order valence-corrected chi connectivity index (χ1v) is 4.63. The second kappa shape index (κ2) is 4.87. The maximum absolute atomic E-state index is 5.75. The second-order valence-corrected chi connectivity index (χ2v) is 3.21. The van der Waals surface area contributed by atoms with Gasteiger partial charge in [-0.3, -0.25) is 4.99 Å². The zero-order valence-electron chi connectivity index (χ0n) is 7.63. The Morgan fingerprint density at radius 2 is 2.00 bits per heavy atom. The molecule has 2 nitrogen and oxygen atoms in total. The number of hydrogen-bond acceptors (Lipinski definition) is 1. The van der Waals surface area contributed by atoms with E-state index >= 15 is 0 Å². The maximum atomic E-state index is 5.75. The molecule has 0 aliphatic carbocycles. The van der Waals surface area contributed by atoms with Crippen LogP contribution in [-0.2, 0) is 6.42 Å². The number of nitrogens with two attached hydrogens (primary N) is 1. The van der Waals surface area contributed by atoms with Gasteiger partial charge in [0.05, 0.1) is 5.84 Å². The number of halogens is 1. The van der Waals surface area contributed by atoms with Crippen molar-refractivity contribution in [1.82, 2.24) is 0 Å². The quantitative estimate of drug-likeness (QED) is 0.585. The third-order valence-electron chi connectivity index (χ3n) is 1.66. The van der Waals surface area contributed by atoms with Crippen LogP contribution in [0.5, 0.6) is 0 Å². The number of hydrogen-bond donors (Lipinski definition) is 1. The van der Waals surface area contributed by atoms with Crippen LogP contribution in [-0.4, -0.2) is 12.4 Å². The van der Waals surface area contributed by atoms with E-state index in [1.54, 1.807) is 0 Å². The summed E-state index contributed by atoms with van der Waals surface area (Å²) in [5.41, 5.74) is 6.81. The van der Waals surface area contributed by atoms with Gasteiger partial charge in [-0.2, -0.15) is 0 Å². The lowest BCUT2D eigenvalue weighted by Crippen LogP contribution is -2.15. The summed E-state index contributed by atoms with van der Waals surface area (Å²) in [7, 11) is 0. The molecule has 0 amide bonds. The van der Waals surface area contributed by atoms with Crippen LogP contribution in [0, 0.1) is 0 Å². The molecule has 0 aromatic heterocycles. The molecule has 0 heterocycles. The van der Waals surface area contributed by atoms with Crippen molar-refractivity contribution in [3.05, 3.63) is 34.9 Å². The average molecular weight is 197 g/mol. The van der Waals surface area contributed by atoms with Crippen LogP contribution < -0.4 is 5.73 Å². The van der Waals surface area contributed by atoms with Crippen molar-refractivity contribution in [3.63, 3.8) is 0 Å². The molecule has 1 aromatic carbocycles. The summed E-state index contributed by atoms with van der Waals surface area (Å²) in [6.07, 6.45) is 0.699. The predicted octanol–water partition coefficient (Wildman–Crippen LogP) is 2.26. The molecular formula is C10H13ClN2. The molecule has 13 heavy (non-hydrogen) atoms. The molecule has 0 aliphatic heterocycles. The van der Waals surface area contributed by atoms with E-state index < -0.39 is 0 Å². The van der Waals surface area contributed by atoms with Crippen molar-refractivity contribution >= 4 is 17.4 Å². The van der Waals surface area contributed by atoms with E-state index in [0.717, 1.165) is 17.1 Å². The third-order valence-corrected chi connectivity index (χ3v) is 1.91. The number of aliphatic imine (C=N–C) groups is 1. The van der Waals surface area contributed by atoms with Crippen LogP contribution in [0.1, 0.15) is 12.5 Å². The summed E-state index contributed by atoms with van der Waals surface area (Å²) in [6, 6.07) is 7.63. The van der Waals surface area contributed by atoms with E-state index in [-0.39, 0.29) is 0 Å². The third kappa shape index (κ3) is 3.47. The molecule has 0 spiro atoms. The lowest BCUT2D eigenvalue weighted by Gasteiger charge is -2.00. The summed E-state index contributed by atoms with van der Waals surface area (Å²) in [6.45, 7) is 2.70. The van der Waals surface area contributed by atoms with Gasteiger partial charge in [-0.25, -0.2) is 0 Å². The van der Waals surface area contributed by atoms with Crippen LogP contribution in [0.15, 0.2) is 29.3 Å². The Labute approximate surface area is 83.4 Å². The highest BCUT2D eigenvalue weighted by Crippen LogP contribution is 2.09. The Morgan fingerprint density at radius 1 is 1.38 bits per heavy atom. The summed E-state index contributed by atoms with van der Waals surface area (Å²) < 4.78 is 0. The molecule has 0 saturated heterocycles. The molecule has 70 valence electrons. The summed E-state index contributed by atoms with van der Waals surface area (Å²) in [5.74, 6) is 0.671. The van der Waals surface area contributed by atoms with Gasteiger partial charge in [-0.15, -0.1) is 0 Å². The van der Waals surface area contributed by atoms with Crippen LogP contribution >= 0.6 is 11.6 Å². The fraction of sp³-hybridized carbons (Fsp3) is 0.300. The molecule has 0 atom stereocenters. The number of rotatable bonds is 3. The number of nitrogens with zero attached hydrogens (tertiary/aromatic N) is 1. The van der Waals surface area contributed by atoms with Gasteiger partial charge in [0.15, 0.2) is 0 Å². The van der Waals surface area contributed by atoms with E-state index in [1.165, 1.54) is 0 Å². The van der Waals surface area contributed by atoms with Crippen LogP contribution in [0.3, 0.4) is 0 Å². The summed E-state index contributed by atoms with van der Waals surface area (Å²) in [4.78, 5) is 4.10. The van der Waals surface area contributed by atoms with Gasteiger partial charge < -0.3 is 5.73 Å². The van der Waals surface area contributed by atoms with E-state index in [1.807, 2.05) is 31.2 Å². The first kappa shape index (κ1) is 10.1. The predicted molar refractivity (Wildman–Crippen MR) is 57.3 cm³/mol. The summed E-state index contributed by atoms with van der Waals surface area (Å²) >= 11 is 5.75. The van der Waals surface area contributed by atoms with Crippen molar-refractivity contribution in [2.45, 2.75) is 13.3 Å². The largest absolute Gasteiger partial charge is 0.387 e. The Balaban J connectivity index is 2.64. The zero-order valence-corrected chi connectivity index (χ0v) is 8.38. The fourth-order valence-corrected chi connectivity index (χ4v) is 1.20. The van der Waals surface area contributed by atoms with Gasteiger partial charge in [0.2, 0.25) is 0 Å². The minimum atomic E-state index is 0.671. The van der Waals surface area contributed by atoms with Crippen molar-refractivity contribution in [2.24, 2.45) is 10.7 Å². The first-order chi connectivity index (χ1) is 6.22. The Bertz CT molecular complexity index is 290. The van der Waals surface area contributed by atoms with Gasteiger partial charge in [0.25, 0.3) is 0 Å². The number of amidine groups is 1. The maximum Gasteiger partial charge on any atom is 0.0981 e. The highest BCUT2D eigenvalue weighted by atomic mass is 35.5. The van der Waals surface area contributed by atoms with Crippen LogP contribution in [0.4, 0.5) is 0 Å². The molecule has 0 radical (unpaired) electrons. The molecule has 1 rings (SSSR count). The van der Waals surface area contributed by atoms with E-state index in [9.17, 15) is 0 Å². The topological polar surface area (TPSA) is 38.4 Å². The normalized spacial score (nSPS) is 11.7. The molecule has 0 unspecified atom stereocenters. The molecule has 0 bridgehead atoms. The van der Waals surface area contributed by atoms with Gasteiger partial charge in [-0.05, 0) is 24.6 Å². The molecule has 0 aliphatic rings. The smallest absolute Gasteiger partial charge is 0.0981 e. The lowest BCUT2D eigenvalue weighted by atomic mass is 10.1. The molecule has 0 fully saturated rings. The second-order valence-electron chi connectivity index (χ2n) is 2.77. The Morgan fingerprint density at radius 3 is 2.54 bits per heavy atom. The lowest BCUT2D eigenvalue weighted by molar-refractivity contribution is 1.10. The monoisotopic (exact) mass is 196 g/mol. The van der Waals surface area contributed by atoms with E-state index in [2.05, 4.69) is 4.99 Å². The van der Waals surface area contributed by atoms with Crippen LogP contribution in [0.25, 0.3) is 0 Å².